The van der Waals surface area contributed by atoms with E-state index in [1.807, 2.05) is 36.4 Å². The van der Waals surface area contributed by atoms with Crippen LogP contribution in [-0.4, -0.2) is 58.8 Å². The SMILES string of the molecule is Cc1cc(=O)c(C(=O)Nc2ccc(N3CCN(C)CC3)cn2)nn1-c1ccccc1. The zero-order valence-electron chi connectivity index (χ0n) is 17.1. The fourth-order valence-electron chi connectivity index (χ4n) is 3.42. The first-order chi connectivity index (χ1) is 14.5. The predicted octanol–water partition coefficient (Wildman–Crippen LogP) is 1.94. The molecule has 8 heteroatoms. The number of hydrogen-bond donors (Lipinski definition) is 1. The number of piperazine rings is 1. The smallest absolute Gasteiger partial charge is 0.281 e. The van der Waals surface area contributed by atoms with Crippen molar-refractivity contribution in [2.45, 2.75) is 6.92 Å². The van der Waals surface area contributed by atoms with E-state index in [1.54, 1.807) is 23.9 Å². The maximum absolute atomic E-state index is 12.7. The van der Waals surface area contributed by atoms with E-state index >= 15 is 0 Å². The highest BCUT2D eigenvalue weighted by Crippen LogP contribution is 2.17. The molecule has 1 aliphatic heterocycles. The fourth-order valence-corrected chi connectivity index (χ4v) is 3.42. The summed E-state index contributed by atoms with van der Waals surface area (Å²) >= 11 is 0. The quantitative estimate of drug-likeness (QED) is 0.716. The average Bonchev–Trinajstić information content (AvgIpc) is 2.75. The number of benzene rings is 1. The number of pyridine rings is 1. The maximum atomic E-state index is 12.7. The van der Waals surface area contributed by atoms with E-state index in [0.717, 1.165) is 37.6 Å². The third kappa shape index (κ3) is 4.23. The fraction of sp³-hybridized carbons (Fsp3) is 0.273. The minimum atomic E-state index is -0.579. The number of amides is 1. The molecule has 1 amide bonds. The molecule has 0 spiro atoms. The van der Waals surface area contributed by atoms with E-state index in [2.05, 4.69) is 32.2 Å². The predicted molar refractivity (Wildman–Crippen MR) is 116 cm³/mol. The Labute approximate surface area is 174 Å². The summed E-state index contributed by atoms with van der Waals surface area (Å²) in [7, 11) is 2.11. The molecule has 1 aliphatic rings. The lowest BCUT2D eigenvalue weighted by molar-refractivity contribution is 0.101. The van der Waals surface area contributed by atoms with E-state index in [0.29, 0.717) is 11.5 Å². The number of rotatable bonds is 4. The van der Waals surface area contributed by atoms with Crippen LogP contribution >= 0.6 is 0 Å². The number of anilines is 2. The summed E-state index contributed by atoms with van der Waals surface area (Å²) in [5.74, 6) is -0.199. The van der Waals surface area contributed by atoms with E-state index < -0.39 is 11.3 Å². The molecule has 2 aromatic heterocycles. The normalized spacial score (nSPS) is 14.5. The first-order valence-electron chi connectivity index (χ1n) is 9.88. The highest BCUT2D eigenvalue weighted by molar-refractivity contribution is 6.02. The van der Waals surface area contributed by atoms with Crippen molar-refractivity contribution >= 4 is 17.4 Å². The van der Waals surface area contributed by atoms with Crippen LogP contribution < -0.4 is 15.6 Å². The van der Waals surface area contributed by atoms with Crippen LogP contribution in [0.1, 0.15) is 16.2 Å². The van der Waals surface area contributed by atoms with Crippen LogP contribution in [0, 0.1) is 6.92 Å². The summed E-state index contributed by atoms with van der Waals surface area (Å²) in [5, 5.41) is 6.97. The van der Waals surface area contributed by atoms with Crippen LogP contribution in [0.4, 0.5) is 11.5 Å². The van der Waals surface area contributed by atoms with Crippen molar-refractivity contribution in [3.63, 3.8) is 0 Å². The van der Waals surface area contributed by atoms with Crippen LogP contribution in [0.25, 0.3) is 5.69 Å². The zero-order chi connectivity index (χ0) is 21.1. The Bertz CT molecular complexity index is 1090. The molecule has 0 bridgehead atoms. The number of nitrogens with one attached hydrogen (secondary N) is 1. The zero-order valence-corrected chi connectivity index (χ0v) is 17.1. The molecular formula is C22H24N6O2. The number of para-hydroxylation sites is 1. The Morgan fingerprint density at radius 2 is 1.73 bits per heavy atom. The van der Waals surface area contributed by atoms with Crippen molar-refractivity contribution in [3.05, 3.63) is 76.3 Å². The van der Waals surface area contributed by atoms with Crippen molar-refractivity contribution < 1.29 is 4.79 Å². The summed E-state index contributed by atoms with van der Waals surface area (Å²) < 4.78 is 1.58. The van der Waals surface area contributed by atoms with Crippen molar-refractivity contribution in [2.75, 3.05) is 43.4 Å². The summed E-state index contributed by atoms with van der Waals surface area (Å²) in [6.45, 7) is 5.67. The van der Waals surface area contributed by atoms with Crippen molar-refractivity contribution in [2.24, 2.45) is 0 Å². The van der Waals surface area contributed by atoms with Gasteiger partial charge in [0, 0.05) is 37.9 Å². The number of aryl methyl sites for hydroxylation is 1. The highest BCUT2D eigenvalue weighted by Gasteiger charge is 2.17. The van der Waals surface area contributed by atoms with Gasteiger partial charge in [-0.15, -0.1) is 0 Å². The van der Waals surface area contributed by atoms with Crippen LogP contribution in [0.5, 0.6) is 0 Å². The lowest BCUT2D eigenvalue weighted by atomic mass is 10.2. The molecule has 0 atom stereocenters. The van der Waals surface area contributed by atoms with E-state index in [-0.39, 0.29) is 5.69 Å². The third-order valence-electron chi connectivity index (χ3n) is 5.18. The molecule has 3 aromatic rings. The van der Waals surface area contributed by atoms with Gasteiger partial charge in [0.05, 0.1) is 17.6 Å². The topological polar surface area (TPSA) is 83.4 Å². The second kappa shape index (κ2) is 8.46. The van der Waals surface area contributed by atoms with Gasteiger partial charge in [0.15, 0.2) is 5.69 Å². The number of aromatic nitrogens is 3. The van der Waals surface area contributed by atoms with Gasteiger partial charge in [-0.25, -0.2) is 9.67 Å². The Kier molecular flexibility index (Phi) is 5.58. The van der Waals surface area contributed by atoms with Crippen LogP contribution in [0.15, 0.2) is 59.5 Å². The molecule has 3 heterocycles. The molecule has 1 N–H and O–H groups in total. The van der Waals surface area contributed by atoms with Crippen LogP contribution in [0.2, 0.25) is 0 Å². The van der Waals surface area contributed by atoms with Gasteiger partial charge in [0.1, 0.15) is 5.82 Å². The molecule has 154 valence electrons. The monoisotopic (exact) mass is 404 g/mol. The molecule has 1 fully saturated rings. The molecule has 0 unspecified atom stereocenters. The van der Waals surface area contributed by atoms with Crippen LogP contribution in [-0.2, 0) is 0 Å². The summed E-state index contributed by atoms with van der Waals surface area (Å²) in [6, 6.07) is 14.5. The van der Waals surface area contributed by atoms with E-state index in [9.17, 15) is 9.59 Å². The van der Waals surface area contributed by atoms with Gasteiger partial charge in [-0.05, 0) is 38.2 Å². The average molecular weight is 404 g/mol. The molecule has 0 saturated carbocycles. The highest BCUT2D eigenvalue weighted by atomic mass is 16.2. The molecule has 1 aromatic carbocycles. The summed E-state index contributed by atoms with van der Waals surface area (Å²) in [6.07, 6.45) is 1.74. The van der Waals surface area contributed by atoms with Gasteiger partial charge in [0.25, 0.3) is 5.91 Å². The van der Waals surface area contributed by atoms with Crippen molar-refractivity contribution in [1.29, 1.82) is 0 Å². The summed E-state index contributed by atoms with van der Waals surface area (Å²) in [4.78, 5) is 34.0. The Morgan fingerprint density at radius 1 is 1.00 bits per heavy atom. The first kappa shape index (κ1) is 19.8. The van der Waals surface area contributed by atoms with Gasteiger partial charge in [0.2, 0.25) is 5.43 Å². The largest absolute Gasteiger partial charge is 0.368 e. The molecule has 0 radical (unpaired) electrons. The van der Waals surface area contributed by atoms with Gasteiger partial charge in [-0.3, -0.25) is 9.59 Å². The van der Waals surface area contributed by atoms with E-state index in [4.69, 9.17) is 0 Å². The second-order valence-corrected chi connectivity index (χ2v) is 7.39. The summed E-state index contributed by atoms with van der Waals surface area (Å²) in [5.41, 5.74) is 1.85. The Morgan fingerprint density at radius 3 is 2.40 bits per heavy atom. The number of carbonyl (C=O) groups excluding carboxylic acids is 1. The van der Waals surface area contributed by atoms with Crippen LogP contribution in [0.3, 0.4) is 0 Å². The number of nitrogens with zero attached hydrogens (tertiary/aromatic N) is 5. The lowest BCUT2D eigenvalue weighted by Crippen LogP contribution is -2.44. The lowest BCUT2D eigenvalue weighted by Gasteiger charge is -2.33. The van der Waals surface area contributed by atoms with Crippen molar-refractivity contribution in [3.8, 4) is 5.69 Å². The number of carbonyl (C=O) groups is 1. The first-order valence-corrected chi connectivity index (χ1v) is 9.88. The van der Waals surface area contributed by atoms with E-state index in [1.165, 1.54) is 6.07 Å². The minimum Gasteiger partial charge on any atom is -0.368 e. The van der Waals surface area contributed by atoms with Gasteiger partial charge in [-0.2, -0.15) is 5.10 Å². The van der Waals surface area contributed by atoms with Gasteiger partial charge < -0.3 is 15.1 Å². The van der Waals surface area contributed by atoms with Gasteiger partial charge in [-0.1, -0.05) is 18.2 Å². The Balaban J connectivity index is 1.52. The second-order valence-electron chi connectivity index (χ2n) is 7.39. The minimum absolute atomic E-state index is 0.172. The molecule has 8 nitrogen and oxygen atoms in total. The molecule has 0 aliphatic carbocycles. The molecule has 30 heavy (non-hydrogen) atoms. The molecular weight excluding hydrogens is 380 g/mol. The van der Waals surface area contributed by atoms with Gasteiger partial charge >= 0.3 is 0 Å². The van der Waals surface area contributed by atoms with Crippen molar-refractivity contribution in [1.82, 2.24) is 19.7 Å². The number of likely N-dealkylation sites (N-methyl/N-ethyl adjacent to an activating group) is 1. The molecule has 4 rings (SSSR count). The number of hydrogen-bond acceptors (Lipinski definition) is 6. The standard InChI is InChI=1S/C22H24N6O2/c1-16-14-19(29)21(25-28(16)17-6-4-3-5-7-17)22(30)24-20-9-8-18(15-23-20)27-12-10-26(2)11-13-27/h3-9,14-15H,10-13H2,1-2H3,(H,23,24,30). The third-order valence-corrected chi connectivity index (χ3v) is 5.18. The maximum Gasteiger partial charge on any atom is 0.281 e. The molecule has 1 saturated heterocycles. The Hall–Kier alpha value is -3.52.